The molecule has 0 bridgehead atoms. The monoisotopic (exact) mass is 434 g/mol. The Labute approximate surface area is 196 Å². The van der Waals surface area contributed by atoms with E-state index in [1.165, 1.54) is 60.9 Å². The largest absolute Gasteiger partial charge is 0.0901 e. The Hall–Kier alpha value is -2.64. The number of aryl methyl sites for hydroxylation is 3. The quantitative estimate of drug-likeness (QED) is 0.366. The first-order valence-electron chi connectivity index (χ1n) is 11.6. The lowest BCUT2D eigenvalue weighted by molar-refractivity contribution is 0.739. The van der Waals surface area contributed by atoms with E-state index in [0.717, 1.165) is 9.52 Å². The van der Waals surface area contributed by atoms with Crippen LogP contribution in [0.15, 0.2) is 83.4 Å². The number of allylic oxidation sites excluding steroid dienone is 4. The zero-order valence-corrected chi connectivity index (χ0v) is 21.5. The van der Waals surface area contributed by atoms with E-state index in [0.29, 0.717) is 11.5 Å². The van der Waals surface area contributed by atoms with Crippen LogP contribution in [0.4, 0.5) is 0 Å². The second-order valence-electron chi connectivity index (χ2n) is 9.48. The molecule has 0 amide bonds. The standard InChI is InChI=1S/C31H34Si/c1-19-16-20(2)18-27(17-19)32-31(28-15-11-12-21(3)22(28)4)30-25(7)23(5)24(6)29(30)26-13-9-8-10-14-26/h8-18,30-31H,1-7H3. The minimum absolute atomic E-state index is 0.400. The van der Waals surface area contributed by atoms with Gasteiger partial charge in [-0.05, 0) is 93.0 Å². The third kappa shape index (κ3) is 4.19. The number of rotatable bonds is 5. The van der Waals surface area contributed by atoms with Gasteiger partial charge in [-0.3, -0.25) is 0 Å². The Morgan fingerprint density at radius 3 is 2.00 bits per heavy atom. The van der Waals surface area contributed by atoms with E-state index < -0.39 is 0 Å². The zero-order chi connectivity index (χ0) is 23.0. The van der Waals surface area contributed by atoms with Crippen LogP contribution in [0.2, 0.25) is 0 Å². The Morgan fingerprint density at radius 2 is 1.34 bits per heavy atom. The number of benzene rings is 3. The normalized spacial score (nSPS) is 17.3. The van der Waals surface area contributed by atoms with Crippen molar-refractivity contribution in [3.05, 3.63) is 117 Å². The highest BCUT2D eigenvalue weighted by molar-refractivity contribution is 6.55. The molecule has 4 rings (SSSR count). The van der Waals surface area contributed by atoms with Crippen molar-refractivity contribution in [2.24, 2.45) is 5.92 Å². The Balaban J connectivity index is 1.91. The summed E-state index contributed by atoms with van der Waals surface area (Å²) in [5.74, 6) is 0.400. The van der Waals surface area contributed by atoms with E-state index in [1.807, 2.05) is 0 Å². The molecule has 0 spiro atoms. The molecular formula is C31H34Si. The molecule has 0 nitrogen and oxygen atoms in total. The summed E-state index contributed by atoms with van der Waals surface area (Å²) < 4.78 is 0. The topological polar surface area (TPSA) is 0 Å². The smallest absolute Gasteiger partial charge is 0.0630 e. The van der Waals surface area contributed by atoms with Crippen molar-refractivity contribution in [2.75, 3.05) is 0 Å². The molecule has 0 saturated carbocycles. The molecule has 162 valence electrons. The number of hydrogen-bond donors (Lipinski definition) is 0. The summed E-state index contributed by atoms with van der Waals surface area (Å²) in [4.78, 5) is 0. The van der Waals surface area contributed by atoms with E-state index in [4.69, 9.17) is 0 Å². The average molecular weight is 435 g/mol. The van der Waals surface area contributed by atoms with Gasteiger partial charge in [-0.25, -0.2) is 0 Å². The molecule has 2 radical (unpaired) electrons. The second kappa shape index (κ2) is 9.08. The van der Waals surface area contributed by atoms with Gasteiger partial charge in [-0.1, -0.05) is 88.6 Å². The van der Waals surface area contributed by atoms with Crippen molar-refractivity contribution in [3.8, 4) is 0 Å². The van der Waals surface area contributed by atoms with Crippen LogP contribution in [0.25, 0.3) is 5.57 Å². The fraction of sp³-hybridized carbons (Fsp3) is 0.290. The molecule has 3 aromatic rings. The minimum atomic E-state index is 0.400. The van der Waals surface area contributed by atoms with Crippen molar-refractivity contribution in [3.63, 3.8) is 0 Å². The maximum atomic E-state index is 2.39. The van der Waals surface area contributed by atoms with Crippen LogP contribution in [0.5, 0.6) is 0 Å². The predicted octanol–water partition coefficient (Wildman–Crippen LogP) is 7.43. The van der Waals surface area contributed by atoms with E-state index >= 15 is 0 Å². The molecule has 1 heteroatoms. The second-order valence-corrected chi connectivity index (χ2v) is 11.0. The summed E-state index contributed by atoms with van der Waals surface area (Å²) in [6.07, 6.45) is 0. The molecule has 1 aliphatic rings. The van der Waals surface area contributed by atoms with Crippen LogP contribution in [0, 0.1) is 33.6 Å². The SMILES string of the molecule is CC1=C(C)C(C([Si]c2cc(C)cc(C)c2)c2cccc(C)c2C)C(c2ccccc2)=C1C. The molecule has 0 fully saturated rings. The van der Waals surface area contributed by atoms with Crippen molar-refractivity contribution >= 4 is 20.3 Å². The molecule has 3 aromatic carbocycles. The van der Waals surface area contributed by atoms with Crippen molar-refractivity contribution in [2.45, 2.75) is 54.0 Å². The first kappa shape index (κ1) is 22.5. The Morgan fingerprint density at radius 1 is 0.688 bits per heavy atom. The summed E-state index contributed by atoms with van der Waals surface area (Å²) >= 11 is 0. The molecule has 2 unspecified atom stereocenters. The summed E-state index contributed by atoms with van der Waals surface area (Å²) in [7, 11) is 0.720. The van der Waals surface area contributed by atoms with Gasteiger partial charge in [0.1, 0.15) is 0 Å². The Kier molecular flexibility index (Phi) is 6.39. The fourth-order valence-corrected chi connectivity index (χ4v) is 7.33. The third-order valence-electron chi connectivity index (χ3n) is 7.28. The highest BCUT2D eigenvalue weighted by atomic mass is 28.2. The molecule has 0 saturated heterocycles. The van der Waals surface area contributed by atoms with Gasteiger partial charge < -0.3 is 0 Å². The van der Waals surface area contributed by atoms with E-state index in [9.17, 15) is 0 Å². The van der Waals surface area contributed by atoms with Gasteiger partial charge in [-0.15, -0.1) is 0 Å². The summed E-state index contributed by atoms with van der Waals surface area (Å²) in [6.45, 7) is 16.0. The first-order valence-corrected chi connectivity index (χ1v) is 12.7. The lowest BCUT2D eigenvalue weighted by Gasteiger charge is -2.30. The molecule has 0 aliphatic heterocycles. The van der Waals surface area contributed by atoms with Gasteiger partial charge in [0, 0.05) is 5.92 Å². The van der Waals surface area contributed by atoms with Crippen LogP contribution in [-0.4, -0.2) is 9.52 Å². The van der Waals surface area contributed by atoms with E-state index in [1.54, 1.807) is 0 Å². The molecular weight excluding hydrogens is 400 g/mol. The Bertz CT molecular complexity index is 1190. The van der Waals surface area contributed by atoms with Gasteiger partial charge in [-0.2, -0.15) is 0 Å². The predicted molar refractivity (Wildman–Crippen MR) is 141 cm³/mol. The molecule has 1 aliphatic carbocycles. The van der Waals surface area contributed by atoms with Gasteiger partial charge >= 0.3 is 0 Å². The van der Waals surface area contributed by atoms with Gasteiger partial charge in [0.25, 0.3) is 0 Å². The van der Waals surface area contributed by atoms with Gasteiger partial charge in [0.15, 0.2) is 0 Å². The van der Waals surface area contributed by atoms with Crippen molar-refractivity contribution < 1.29 is 0 Å². The lowest BCUT2D eigenvalue weighted by atomic mass is 9.83. The third-order valence-corrected chi connectivity index (χ3v) is 8.86. The maximum absolute atomic E-state index is 2.39. The average Bonchev–Trinajstić information content (AvgIpc) is 2.98. The first-order chi connectivity index (χ1) is 15.3. The van der Waals surface area contributed by atoms with Crippen LogP contribution in [0.1, 0.15) is 59.7 Å². The highest BCUT2D eigenvalue weighted by Crippen LogP contribution is 2.49. The van der Waals surface area contributed by atoms with Crippen LogP contribution >= 0.6 is 0 Å². The van der Waals surface area contributed by atoms with Gasteiger partial charge in [0.2, 0.25) is 0 Å². The van der Waals surface area contributed by atoms with E-state index in [-0.39, 0.29) is 0 Å². The van der Waals surface area contributed by atoms with Crippen molar-refractivity contribution in [1.82, 2.24) is 0 Å². The zero-order valence-electron chi connectivity index (χ0n) is 20.5. The summed E-state index contributed by atoms with van der Waals surface area (Å²) in [6, 6.07) is 25.0. The molecule has 2 atom stereocenters. The van der Waals surface area contributed by atoms with Crippen LogP contribution in [-0.2, 0) is 0 Å². The van der Waals surface area contributed by atoms with Crippen LogP contribution < -0.4 is 5.19 Å². The summed E-state index contributed by atoms with van der Waals surface area (Å²) in [5, 5.41) is 1.47. The molecule has 0 heterocycles. The molecule has 0 aromatic heterocycles. The molecule has 32 heavy (non-hydrogen) atoms. The van der Waals surface area contributed by atoms with Gasteiger partial charge in [0.05, 0.1) is 9.52 Å². The van der Waals surface area contributed by atoms with Crippen LogP contribution in [0.3, 0.4) is 0 Å². The number of hydrogen-bond acceptors (Lipinski definition) is 0. The fourth-order valence-electron chi connectivity index (χ4n) is 5.30. The summed E-state index contributed by atoms with van der Waals surface area (Å²) in [5.41, 5.74) is 14.8. The lowest BCUT2D eigenvalue weighted by Crippen LogP contribution is -2.30. The van der Waals surface area contributed by atoms with Crippen molar-refractivity contribution in [1.29, 1.82) is 0 Å². The minimum Gasteiger partial charge on any atom is -0.0630 e. The maximum Gasteiger partial charge on any atom is 0.0901 e. The highest BCUT2D eigenvalue weighted by Gasteiger charge is 2.36. The molecule has 0 N–H and O–H groups in total. The van der Waals surface area contributed by atoms with E-state index in [2.05, 4.69) is 115 Å².